The fraction of sp³-hybridized carbons (Fsp3) is 0.417. The maximum Gasteiger partial charge on any atom is 0.339 e. The van der Waals surface area contributed by atoms with Gasteiger partial charge in [0.15, 0.2) is 0 Å². The van der Waals surface area contributed by atoms with Crippen molar-refractivity contribution < 1.29 is 0 Å². The SMILES string of the molecule is CCCn1sc(=Nc2cccnc2)n(CC)c1=O. The number of hydrogen-bond acceptors (Lipinski definition) is 4. The normalized spacial score (nSPS) is 12.0. The zero-order valence-corrected chi connectivity index (χ0v) is 11.4. The van der Waals surface area contributed by atoms with Crippen molar-refractivity contribution in [2.75, 3.05) is 0 Å². The molecule has 0 N–H and O–H groups in total. The first kappa shape index (κ1) is 12.8. The van der Waals surface area contributed by atoms with Crippen LogP contribution in [-0.4, -0.2) is 13.5 Å². The van der Waals surface area contributed by atoms with E-state index >= 15 is 0 Å². The molecule has 0 amide bonds. The highest BCUT2D eigenvalue weighted by atomic mass is 32.1. The van der Waals surface area contributed by atoms with Crippen molar-refractivity contribution in [3.05, 3.63) is 39.8 Å². The molecule has 0 aliphatic heterocycles. The van der Waals surface area contributed by atoms with Crippen molar-refractivity contribution in [2.24, 2.45) is 4.99 Å². The molecular weight excluding hydrogens is 248 g/mol. The van der Waals surface area contributed by atoms with Crippen LogP contribution in [0.3, 0.4) is 0 Å². The summed E-state index contributed by atoms with van der Waals surface area (Å²) in [6, 6.07) is 3.71. The Morgan fingerprint density at radius 1 is 1.44 bits per heavy atom. The van der Waals surface area contributed by atoms with Gasteiger partial charge in [0.2, 0.25) is 4.80 Å². The van der Waals surface area contributed by atoms with Crippen molar-refractivity contribution in [1.29, 1.82) is 0 Å². The second-order valence-electron chi connectivity index (χ2n) is 3.83. The van der Waals surface area contributed by atoms with Gasteiger partial charge >= 0.3 is 5.69 Å². The molecule has 2 rings (SSSR count). The van der Waals surface area contributed by atoms with Gasteiger partial charge in [0.1, 0.15) is 0 Å². The highest BCUT2D eigenvalue weighted by Gasteiger charge is 2.06. The smallest absolute Gasteiger partial charge is 0.268 e. The molecule has 5 nitrogen and oxygen atoms in total. The van der Waals surface area contributed by atoms with Crippen LogP contribution in [-0.2, 0) is 13.1 Å². The van der Waals surface area contributed by atoms with Crippen molar-refractivity contribution in [2.45, 2.75) is 33.4 Å². The molecule has 0 atom stereocenters. The third-order valence-electron chi connectivity index (χ3n) is 2.48. The Hall–Kier alpha value is -1.69. The maximum absolute atomic E-state index is 12.1. The molecule has 18 heavy (non-hydrogen) atoms. The lowest BCUT2D eigenvalue weighted by Gasteiger charge is -1.94. The van der Waals surface area contributed by atoms with E-state index in [1.165, 1.54) is 11.5 Å². The van der Waals surface area contributed by atoms with Gasteiger partial charge in [0, 0.05) is 19.3 Å². The van der Waals surface area contributed by atoms with E-state index in [4.69, 9.17) is 0 Å². The minimum absolute atomic E-state index is 0.0204. The molecule has 0 aliphatic carbocycles. The second-order valence-corrected chi connectivity index (χ2v) is 4.81. The van der Waals surface area contributed by atoms with Crippen LogP contribution >= 0.6 is 11.5 Å². The summed E-state index contributed by atoms with van der Waals surface area (Å²) in [5.41, 5.74) is 0.789. The summed E-state index contributed by atoms with van der Waals surface area (Å²) in [5.74, 6) is 0. The maximum atomic E-state index is 12.1. The van der Waals surface area contributed by atoms with Crippen molar-refractivity contribution in [1.82, 2.24) is 13.5 Å². The van der Waals surface area contributed by atoms with Crippen molar-refractivity contribution in [3.8, 4) is 0 Å². The topological polar surface area (TPSA) is 52.2 Å². The molecule has 6 heteroatoms. The van der Waals surface area contributed by atoms with Crippen LogP contribution in [0.1, 0.15) is 20.3 Å². The highest BCUT2D eigenvalue weighted by Crippen LogP contribution is 2.06. The van der Waals surface area contributed by atoms with Gasteiger partial charge < -0.3 is 0 Å². The van der Waals surface area contributed by atoms with Crippen LogP contribution in [0.2, 0.25) is 0 Å². The van der Waals surface area contributed by atoms with Crippen LogP contribution in [0.5, 0.6) is 0 Å². The first-order chi connectivity index (χ1) is 8.76. The van der Waals surface area contributed by atoms with Crippen LogP contribution in [0, 0.1) is 0 Å². The molecule has 0 saturated heterocycles. The summed E-state index contributed by atoms with van der Waals surface area (Å²) in [6.07, 6.45) is 4.34. The lowest BCUT2D eigenvalue weighted by molar-refractivity contribution is 0.626. The molecule has 2 heterocycles. The van der Waals surface area contributed by atoms with Gasteiger partial charge in [-0.05, 0) is 37.0 Å². The van der Waals surface area contributed by atoms with Crippen LogP contribution in [0.4, 0.5) is 5.69 Å². The first-order valence-corrected chi connectivity index (χ1v) is 6.79. The third-order valence-corrected chi connectivity index (χ3v) is 3.51. The van der Waals surface area contributed by atoms with Gasteiger partial charge in [-0.15, -0.1) is 0 Å². The Bertz CT molecular complexity index is 624. The molecule has 2 aromatic rings. The summed E-state index contributed by atoms with van der Waals surface area (Å²) in [6.45, 7) is 5.38. The standard InChI is InChI=1S/C12H16N4OS/c1-3-8-16-12(17)15(4-2)11(18-16)14-10-6-5-7-13-9-10/h5-7,9H,3-4,8H2,1-2H3. The molecule has 0 bridgehead atoms. The average molecular weight is 264 g/mol. The number of aromatic nitrogens is 3. The molecular formula is C12H16N4OS. The summed E-state index contributed by atoms with van der Waals surface area (Å²) in [5, 5.41) is 0. The predicted octanol–water partition coefficient (Wildman–Crippen LogP) is 1.77. The number of pyridine rings is 1. The van der Waals surface area contributed by atoms with Gasteiger partial charge in [0.05, 0.1) is 11.9 Å². The van der Waals surface area contributed by atoms with Gasteiger partial charge in [-0.25, -0.2) is 13.7 Å². The van der Waals surface area contributed by atoms with E-state index in [9.17, 15) is 4.79 Å². The Labute approximate surface area is 109 Å². The molecule has 96 valence electrons. The van der Waals surface area contributed by atoms with Gasteiger partial charge in [-0.1, -0.05) is 6.92 Å². The fourth-order valence-corrected chi connectivity index (χ4v) is 2.73. The van der Waals surface area contributed by atoms with E-state index in [0.717, 1.165) is 23.5 Å². The molecule has 0 aromatic carbocycles. The van der Waals surface area contributed by atoms with Gasteiger partial charge in [-0.2, -0.15) is 0 Å². The molecule has 2 aromatic heterocycles. The summed E-state index contributed by atoms with van der Waals surface area (Å²) < 4.78 is 3.44. The lowest BCUT2D eigenvalue weighted by Crippen LogP contribution is -2.28. The first-order valence-electron chi connectivity index (χ1n) is 6.02. The molecule has 0 unspecified atom stereocenters. The molecule has 0 fully saturated rings. The summed E-state index contributed by atoms with van der Waals surface area (Å²) in [7, 11) is 0. The zero-order valence-electron chi connectivity index (χ0n) is 10.5. The fourth-order valence-electron chi connectivity index (χ4n) is 1.63. The van der Waals surface area contributed by atoms with Gasteiger partial charge in [-0.3, -0.25) is 9.55 Å². The Balaban J connectivity index is 2.54. The van der Waals surface area contributed by atoms with E-state index in [2.05, 4.69) is 16.9 Å². The summed E-state index contributed by atoms with van der Waals surface area (Å²) in [4.78, 5) is 21.3. The van der Waals surface area contributed by atoms with Crippen LogP contribution in [0.25, 0.3) is 0 Å². The Kier molecular flexibility index (Phi) is 4.09. The van der Waals surface area contributed by atoms with E-state index in [1.807, 2.05) is 19.1 Å². The zero-order chi connectivity index (χ0) is 13.0. The van der Waals surface area contributed by atoms with Gasteiger partial charge in [0.25, 0.3) is 0 Å². The highest BCUT2D eigenvalue weighted by molar-refractivity contribution is 7.03. The number of rotatable bonds is 4. The molecule has 0 radical (unpaired) electrons. The monoisotopic (exact) mass is 264 g/mol. The quantitative estimate of drug-likeness (QED) is 0.845. The molecule has 0 aliphatic rings. The number of nitrogens with zero attached hydrogens (tertiary/aromatic N) is 4. The Morgan fingerprint density at radius 2 is 2.28 bits per heavy atom. The number of hydrogen-bond donors (Lipinski definition) is 0. The Morgan fingerprint density at radius 3 is 2.89 bits per heavy atom. The molecule has 0 spiro atoms. The number of aryl methyl sites for hydroxylation is 1. The lowest BCUT2D eigenvalue weighted by atomic mass is 10.4. The minimum atomic E-state index is 0.0204. The predicted molar refractivity (Wildman–Crippen MR) is 72.0 cm³/mol. The average Bonchev–Trinajstić information content (AvgIpc) is 2.67. The minimum Gasteiger partial charge on any atom is -0.268 e. The van der Waals surface area contributed by atoms with E-state index in [0.29, 0.717) is 6.54 Å². The largest absolute Gasteiger partial charge is 0.339 e. The summed E-state index contributed by atoms with van der Waals surface area (Å²) >= 11 is 1.40. The van der Waals surface area contributed by atoms with Crippen LogP contribution < -0.4 is 10.5 Å². The van der Waals surface area contributed by atoms with E-state index < -0.39 is 0 Å². The van der Waals surface area contributed by atoms with E-state index in [-0.39, 0.29) is 5.69 Å². The third kappa shape index (κ3) is 2.59. The van der Waals surface area contributed by atoms with Crippen molar-refractivity contribution >= 4 is 17.2 Å². The molecule has 0 saturated carbocycles. The van der Waals surface area contributed by atoms with Crippen molar-refractivity contribution in [3.63, 3.8) is 0 Å². The van der Waals surface area contributed by atoms with E-state index in [1.54, 1.807) is 20.9 Å². The van der Waals surface area contributed by atoms with Crippen LogP contribution in [0.15, 0.2) is 34.3 Å². The second kappa shape index (κ2) is 5.77.